The third-order valence-corrected chi connectivity index (χ3v) is 6.11. The van der Waals surface area contributed by atoms with Gasteiger partial charge in [0, 0.05) is 10.9 Å². The largest absolute Gasteiger partial charge is 0.497 e. The highest BCUT2D eigenvalue weighted by molar-refractivity contribution is 7.89. The molecule has 8 nitrogen and oxygen atoms in total. The summed E-state index contributed by atoms with van der Waals surface area (Å²) in [6, 6.07) is 7.28. The Balaban J connectivity index is 1.61. The van der Waals surface area contributed by atoms with Crippen LogP contribution in [0.1, 0.15) is 26.8 Å². The van der Waals surface area contributed by atoms with Gasteiger partial charge in [-0.05, 0) is 30.3 Å². The third kappa shape index (κ3) is 5.72. The summed E-state index contributed by atoms with van der Waals surface area (Å²) in [5.41, 5.74) is 2.37. The summed E-state index contributed by atoms with van der Waals surface area (Å²) in [6.07, 6.45) is 2.53. The fourth-order valence-corrected chi connectivity index (χ4v) is 4.81. The van der Waals surface area contributed by atoms with Crippen LogP contribution in [-0.4, -0.2) is 32.6 Å². The molecule has 0 bridgehead atoms. The SMILES string of the molecule is COc1ccc(F)c(/C=N/NC(=O)c2csc(CS(=O)(=O)Cc3ccco3)n2)c1. The van der Waals surface area contributed by atoms with Gasteiger partial charge in [-0.3, -0.25) is 4.79 Å². The number of carbonyl (C=O) groups excluding carboxylic acids is 1. The topological polar surface area (TPSA) is 111 Å². The van der Waals surface area contributed by atoms with Crippen LogP contribution in [0.2, 0.25) is 0 Å². The molecule has 0 aliphatic rings. The smallest absolute Gasteiger partial charge is 0.290 e. The lowest BCUT2D eigenvalue weighted by Gasteiger charge is -2.02. The number of nitrogens with one attached hydrogen (secondary N) is 1. The van der Waals surface area contributed by atoms with Gasteiger partial charge in [0.2, 0.25) is 0 Å². The van der Waals surface area contributed by atoms with Crippen molar-refractivity contribution in [2.45, 2.75) is 11.5 Å². The van der Waals surface area contributed by atoms with Crippen LogP contribution in [-0.2, 0) is 21.3 Å². The van der Waals surface area contributed by atoms with E-state index in [1.165, 1.54) is 37.0 Å². The maximum Gasteiger partial charge on any atom is 0.290 e. The number of ether oxygens (including phenoxy) is 1. The first-order valence-corrected chi connectivity index (χ1v) is 10.9. The fraction of sp³-hybridized carbons (Fsp3) is 0.167. The second-order valence-electron chi connectivity index (χ2n) is 5.82. The molecule has 0 saturated carbocycles. The summed E-state index contributed by atoms with van der Waals surface area (Å²) < 4.78 is 48.2. The quantitative estimate of drug-likeness (QED) is 0.429. The van der Waals surface area contributed by atoms with Gasteiger partial charge in [-0.25, -0.2) is 23.2 Å². The number of methoxy groups -OCH3 is 1. The summed E-state index contributed by atoms with van der Waals surface area (Å²) in [5.74, 6) is -0.962. The molecule has 1 amide bonds. The molecule has 152 valence electrons. The maximum atomic E-state index is 13.7. The molecular formula is C18H16FN3O5S2. The van der Waals surface area contributed by atoms with Crippen molar-refractivity contribution in [3.63, 3.8) is 0 Å². The number of sulfone groups is 1. The number of hydrogen-bond acceptors (Lipinski definition) is 8. The van der Waals surface area contributed by atoms with E-state index >= 15 is 0 Å². The van der Waals surface area contributed by atoms with E-state index in [2.05, 4.69) is 15.5 Å². The number of amides is 1. The Morgan fingerprint density at radius 2 is 2.21 bits per heavy atom. The van der Waals surface area contributed by atoms with E-state index in [1.54, 1.807) is 12.1 Å². The molecule has 0 fully saturated rings. The number of benzene rings is 1. The van der Waals surface area contributed by atoms with Crippen LogP contribution in [0.3, 0.4) is 0 Å². The fourth-order valence-electron chi connectivity index (χ4n) is 2.30. The summed E-state index contributed by atoms with van der Waals surface area (Å²) in [7, 11) is -2.05. The number of rotatable bonds is 8. The molecule has 1 aromatic carbocycles. The lowest BCUT2D eigenvalue weighted by Crippen LogP contribution is -2.18. The van der Waals surface area contributed by atoms with E-state index in [4.69, 9.17) is 9.15 Å². The van der Waals surface area contributed by atoms with Gasteiger partial charge < -0.3 is 9.15 Å². The van der Waals surface area contributed by atoms with Gasteiger partial charge in [0.05, 0.1) is 19.6 Å². The molecule has 11 heteroatoms. The maximum absolute atomic E-state index is 13.7. The van der Waals surface area contributed by atoms with Crippen molar-refractivity contribution in [2.75, 3.05) is 7.11 Å². The van der Waals surface area contributed by atoms with Crippen molar-refractivity contribution in [3.8, 4) is 5.75 Å². The Bertz CT molecular complexity index is 1120. The van der Waals surface area contributed by atoms with Crippen LogP contribution in [0, 0.1) is 5.82 Å². The Kier molecular flexibility index (Phi) is 6.39. The lowest BCUT2D eigenvalue weighted by atomic mass is 10.2. The first-order chi connectivity index (χ1) is 13.9. The van der Waals surface area contributed by atoms with Crippen LogP contribution in [0.15, 0.2) is 51.5 Å². The zero-order valence-corrected chi connectivity index (χ0v) is 16.8. The van der Waals surface area contributed by atoms with Gasteiger partial charge >= 0.3 is 0 Å². The highest BCUT2D eigenvalue weighted by atomic mass is 32.2. The Hall–Kier alpha value is -3.05. The number of aromatic nitrogens is 1. The molecule has 0 aliphatic carbocycles. The molecule has 3 aromatic rings. The second-order valence-corrected chi connectivity index (χ2v) is 8.83. The predicted molar refractivity (Wildman–Crippen MR) is 105 cm³/mol. The molecule has 0 saturated heterocycles. The molecule has 2 heterocycles. The molecule has 2 aromatic heterocycles. The summed E-state index contributed by atoms with van der Waals surface area (Å²) in [4.78, 5) is 16.1. The van der Waals surface area contributed by atoms with Crippen molar-refractivity contribution in [3.05, 3.63) is 69.8 Å². The first-order valence-electron chi connectivity index (χ1n) is 8.20. The molecule has 0 unspecified atom stereocenters. The molecule has 0 spiro atoms. The molecule has 29 heavy (non-hydrogen) atoms. The summed E-state index contributed by atoms with van der Waals surface area (Å²) in [6.45, 7) is 0. The van der Waals surface area contributed by atoms with Crippen molar-refractivity contribution in [1.82, 2.24) is 10.4 Å². The molecular weight excluding hydrogens is 421 g/mol. The molecule has 1 N–H and O–H groups in total. The zero-order valence-electron chi connectivity index (χ0n) is 15.2. The summed E-state index contributed by atoms with van der Waals surface area (Å²) in [5, 5.41) is 5.40. The average molecular weight is 437 g/mol. The van der Waals surface area contributed by atoms with Gasteiger partial charge in [-0.2, -0.15) is 5.10 Å². The monoisotopic (exact) mass is 437 g/mol. The van der Waals surface area contributed by atoms with Crippen LogP contribution in [0.25, 0.3) is 0 Å². The van der Waals surface area contributed by atoms with Crippen LogP contribution in [0.5, 0.6) is 5.75 Å². The highest BCUT2D eigenvalue weighted by Gasteiger charge is 2.19. The number of halogens is 1. The number of nitrogens with zero attached hydrogens (tertiary/aromatic N) is 2. The van der Waals surface area contributed by atoms with Crippen LogP contribution >= 0.6 is 11.3 Å². The first kappa shape index (κ1) is 20.7. The van der Waals surface area contributed by atoms with E-state index in [0.29, 0.717) is 11.5 Å². The Morgan fingerprint density at radius 1 is 1.38 bits per heavy atom. The standard InChI is InChI=1S/C18H16FN3O5S2/c1-26-13-4-5-15(19)12(7-13)8-20-22-18(23)16-9-28-17(21-16)11-29(24,25)10-14-3-2-6-27-14/h2-9H,10-11H2,1H3,(H,22,23)/b20-8+. The minimum atomic E-state index is -3.50. The van der Waals surface area contributed by atoms with Crippen molar-refractivity contribution in [2.24, 2.45) is 5.10 Å². The Morgan fingerprint density at radius 3 is 2.93 bits per heavy atom. The second kappa shape index (κ2) is 8.97. The van der Waals surface area contributed by atoms with E-state index in [0.717, 1.165) is 17.6 Å². The minimum Gasteiger partial charge on any atom is -0.497 e. The zero-order chi connectivity index (χ0) is 20.9. The molecule has 0 atom stereocenters. The van der Waals surface area contributed by atoms with Crippen molar-refractivity contribution < 1.29 is 26.8 Å². The molecule has 0 radical (unpaired) electrons. The van der Waals surface area contributed by atoms with Crippen LogP contribution in [0.4, 0.5) is 4.39 Å². The van der Waals surface area contributed by atoms with E-state index in [-0.39, 0.29) is 27.8 Å². The van der Waals surface area contributed by atoms with Gasteiger partial charge in [0.25, 0.3) is 5.91 Å². The van der Waals surface area contributed by atoms with Gasteiger partial charge in [-0.1, -0.05) is 0 Å². The van der Waals surface area contributed by atoms with Gasteiger partial charge in [-0.15, -0.1) is 11.3 Å². The highest BCUT2D eigenvalue weighted by Crippen LogP contribution is 2.17. The predicted octanol–water partition coefficient (Wildman–Crippen LogP) is 2.76. The summed E-state index contributed by atoms with van der Waals surface area (Å²) >= 11 is 1.04. The third-order valence-electron chi connectivity index (χ3n) is 3.64. The molecule has 3 rings (SSSR count). The Labute approximate surface area is 170 Å². The number of carbonyl (C=O) groups is 1. The normalized spacial score (nSPS) is 11.7. The molecule has 0 aliphatic heterocycles. The van der Waals surface area contributed by atoms with Gasteiger partial charge in [0.15, 0.2) is 9.84 Å². The van der Waals surface area contributed by atoms with Crippen molar-refractivity contribution >= 4 is 33.3 Å². The number of hydrazone groups is 1. The van der Waals surface area contributed by atoms with E-state index in [1.807, 2.05) is 0 Å². The van der Waals surface area contributed by atoms with E-state index < -0.39 is 21.6 Å². The van der Waals surface area contributed by atoms with Crippen molar-refractivity contribution in [1.29, 1.82) is 0 Å². The van der Waals surface area contributed by atoms with Gasteiger partial charge in [0.1, 0.15) is 39.5 Å². The number of thiazole rings is 1. The minimum absolute atomic E-state index is 0.0152. The van der Waals surface area contributed by atoms with E-state index in [9.17, 15) is 17.6 Å². The lowest BCUT2D eigenvalue weighted by molar-refractivity contribution is 0.0950. The number of furan rings is 1. The average Bonchev–Trinajstić information content (AvgIpc) is 3.34. The number of hydrogen-bond donors (Lipinski definition) is 1. The van der Waals surface area contributed by atoms with Crippen LogP contribution < -0.4 is 10.2 Å².